The van der Waals surface area contributed by atoms with E-state index in [-0.39, 0.29) is 6.61 Å². The largest absolute Gasteiger partial charge is 0.354 e. The molecule has 0 aliphatic rings. The predicted molar refractivity (Wildman–Crippen MR) is 64.5 cm³/mol. The van der Waals surface area contributed by atoms with Crippen LogP contribution in [0.2, 0.25) is 0 Å². The Morgan fingerprint density at radius 2 is 2.06 bits per heavy atom. The summed E-state index contributed by atoms with van der Waals surface area (Å²) in [7, 11) is -2.45. The topological polar surface area (TPSA) is 66.8 Å². The van der Waals surface area contributed by atoms with Crippen LogP contribution in [0.4, 0.5) is 0 Å². The van der Waals surface area contributed by atoms with Crippen LogP contribution in [0, 0.1) is 0 Å². The van der Waals surface area contributed by atoms with Gasteiger partial charge in [-0.15, -0.1) is 0 Å². The van der Waals surface area contributed by atoms with E-state index in [1.165, 1.54) is 7.05 Å². The predicted octanol–water partition coefficient (Wildman–Crippen LogP) is 2.00. The highest BCUT2D eigenvalue weighted by molar-refractivity contribution is 7.53. The number of amides is 1. The van der Waals surface area contributed by atoms with Crippen LogP contribution in [0.3, 0.4) is 0 Å². The normalized spacial score (nSPS) is 15.9. The van der Waals surface area contributed by atoms with Gasteiger partial charge in [0.05, 0.1) is 6.61 Å². The number of hydrogen-bond acceptors (Lipinski definition) is 3. The summed E-state index contributed by atoms with van der Waals surface area (Å²) < 4.78 is 16.9. The highest BCUT2D eigenvalue weighted by atomic mass is 31.2. The molecule has 6 heteroatoms. The molecule has 94 valence electrons. The molecule has 1 aromatic rings. The lowest BCUT2D eigenvalue weighted by Gasteiger charge is -2.28. The molecule has 0 aliphatic carbocycles. The smallest absolute Gasteiger partial charge is 0.330 e. The maximum atomic E-state index is 12.0. The molecule has 0 fully saturated rings. The lowest BCUT2D eigenvalue weighted by Crippen LogP contribution is -2.23. The highest BCUT2D eigenvalue weighted by Gasteiger charge is 2.36. The summed E-state index contributed by atoms with van der Waals surface area (Å²) in [6.07, 6.45) is 0.513. The lowest BCUT2D eigenvalue weighted by molar-refractivity contribution is -0.118. The molecule has 1 aromatic carbocycles. The number of carbonyl (C=O) groups excluding carboxylic acids is 1. The molecule has 0 aromatic heterocycles. The number of rotatable bonds is 6. The molecule has 0 radical (unpaired) electrons. The third kappa shape index (κ3) is 3.40. The molecule has 2 unspecified atom stereocenters. The van der Waals surface area contributed by atoms with Crippen molar-refractivity contribution in [1.29, 1.82) is 0 Å². The first-order chi connectivity index (χ1) is 8.03. The monoisotopic (exact) mass is 257 g/mol. The first-order valence-electron chi connectivity index (χ1n) is 5.22. The molecule has 5 nitrogen and oxygen atoms in total. The zero-order chi connectivity index (χ0) is 12.9. The molecular weight excluding hydrogens is 241 g/mol. The summed E-state index contributed by atoms with van der Waals surface area (Å²) >= 11 is 0. The standard InChI is InChI=1S/C11H16NO4P/c1-3-16-17(14,15)11(12(2)9-13)10-7-5-4-6-8-10/h4-9,11H,3H2,1-2H3,(H,14,15). The quantitative estimate of drug-likeness (QED) is 0.625. The minimum Gasteiger partial charge on any atom is -0.330 e. The maximum Gasteiger partial charge on any atom is 0.354 e. The Balaban J connectivity index is 3.13. The van der Waals surface area contributed by atoms with Gasteiger partial charge in [-0.3, -0.25) is 9.36 Å². The average molecular weight is 257 g/mol. The van der Waals surface area contributed by atoms with Gasteiger partial charge in [0, 0.05) is 7.05 Å². The molecule has 2 atom stereocenters. The van der Waals surface area contributed by atoms with Crippen LogP contribution in [-0.4, -0.2) is 29.9 Å². The van der Waals surface area contributed by atoms with Gasteiger partial charge in [0.2, 0.25) is 6.41 Å². The van der Waals surface area contributed by atoms with E-state index in [0.717, 1.165) is 4.90 Å². The van der Waals surface area contributed by atoms with Crippen molar-refractivity contribution < 1.29 is 18.8 Å². The van der Waals surface area contributed by atoms with E-state index >= 15 is 0 Å². The minimum atomic E-state index is -3.90. The Morgan fingerprint density at radius 1 is 1.47 bits per heavy atom. The second kappa shape index (κ2) is 5.96. The van der Waals surface area contributed by atoms with Gasteiger partial charge in [-0.1, -0.05) is 30.3 Å². The van der Waals surface area contributed by atoms with Gasteiger partial charge in [0.1, 0.15) is 0 Å². The fourth-order valence-electron chi connectivity index (χ4n) is 1.59. The summed E-state index contributed by atoms with van der Waals surface area (Å²) in [6.45, 7) is 1.75. The first kappa shape index (κ1) is 13.9. The van der Waals surface area contributed by atoms with Gasteiger partial charge < -0.3 is 14.3 Å². The number of carbonyl (C=O) groups is 1. The van der Waals surface area contributed by atoms with E-state index in [1.54, 1.807) is 37.3 Å². The molecule has 1 N–H and O–H groups in total. The summed E-state index contributed by atoms with van der Waals surface area (Å²) in [5, 5.41) is 0. The van der Waals surface area contributed by atoms with Crippen LogP contribution in [0.15, 0.2) is 30.3 Å². The molecule has 0 saturated heterocycles. The maximum absolute atomic E-state index is 12.0. The Kier molecular flexibility index (Phi) is 4.87. The van der Waals surface area contributed by atoms with Crippen molar-refractivity contribution in [1.82, 2.24) is 4.90 Å². The second-order valence-electron chi connectivity index (χ2n) is 3.54. The fourth-order valence-corrected chi connectivity index (χ4v) is 3.17. The Labute approximate surface area is 101 Å². The molecular formula is C11H16NO4P. The SMILES string of the molecule is CCOP(=O)(O)C(c1ccccc1)N(C)C=O. The van der Waals surface area contributed by atoms with Gasteiger partial charge in [-0.25, -0.2) is 0 Å². The second-order valence-corrected chi connectivity index (χ2v) is 5.41. The third-order valence-corrected chi connectivity index (χ3v) is 4.18. The summed E-state index contributed by atoms with van der Waals surface area (Å²) in [5.74, 6) is -0.971. The van der Waals surface area contributed by atoms with Crippen molar-refractivity contribution in [2.45, 2.75) is 12.7 Å². The fraction of sp³-hybridized carbons (Fsp3) is 0.364. The zero-order valence-corrected chi connectivity index (χ0v) is 10.7. The minimum absolute atomic E-state index is 0.115. The number of nitrogens with zero attached hydrogens (tertiary/aromatic N) is 1. The molecule has 0 saturated carbocycles. The van der Waals surface area contributed by atoms with Crippen molar-refractivity contribution in [2.24, 2.45) is 0 Å². The molecule has 17 heavy (non-hydrogen) atoms. The Morgan fingerprint density at radius 3 is 2.53 bits per heavy atom. The van der Waals surface area contributed by atoms with Gasteiger partial charge in [0.25, 0.3) is 0 Å². The van der Waals surface area contributed by atoms with Gasteiger partial charge in [0.15, 0.2) is 5.78 Å². The Bertz CT molecular complexity index is 409. The summed E-state index contributed by atoms with van der Waals surface area (Å²) in [6, 6.07) is 8.66. The van der Waals surface area contributed by atoms with E-state index < -0.39 is 13.4 Å². The molecule has 0 spiro atoms. The van der Waals surface area contributed by atoms with E-state index in [2.05, 4.69) is 0 Å². The van der Waals surface area contributed by atoms with E-state index in [9.17, 15) is 14.3 Å². The van der Waals surface area contributed by atoms with Crippen LogP contribution in [0.5, 0.6) is 0 Å². The molecule has 0 aliphatic heterocycles. The van der Waals surface area contributed by atoms with Crippen molar-refractivity contribution in [3.63, 3.8) is 0 Å². The molecule has 0 heterocycles. The summed E-state index contributed by atoms with van der Waals surface area (Å²) in [4.78, 5) is 21.8. The van der Waals surface area contributed by atoms with E-state index in [1.807, 2.05) is 0 Å². The van der Waals surface area contributed by atoms with Crippen LogP contribution in [0.25, 0.3) is 0 Å². The van der Waals surface area contributed by atoms with Crippen LogP contribution >= 0.6 is 7.60 Å². The zero-order valence-electron chi connectivity index (χ0n) is 9.81. The summed E-state index contributed by atoms with van der Waals surface area (Å²) in [5.41, 5.74) is 0.571. The van der Waals surface area contributed by atoms with E-state index in [0.29, 0.717) is 12.0 Å². The molecule has 1 rings (SSSR count). The van der Waals surface area contributed by atoms with Gasteiger partial charge in [-0.2, -0.15) is 0 Å². The molecule has 1 amide bonds. The number of benzene rings is 1. The van der Waals surface area contributed by atoms with Crippen molar-refractivity contribution in [3.8, 4) is 0 Å². The van der Waals surface area contributed by atoms with Crippen molar-refractivity contribution >= 4 is 14.0 Å². The average Bonchev–Trinajstić information content (AvgIpc) is 2.30. The van der Waals surface area contributed by atoms with Crippen LogP contribution in [0.1, 0.15) is 18.3 Å². The van der Waals surface area contributed by atoms with Gasteiger partial charge in [-0.05, 0) is 12.5 Å². The Hall–Kier alpha value is -1.16. The van der Waals surface area contributed by atoms with Crippen molar-refractivity contribution in [2.75, 3.05) is 13.7 Å². The third-order valence-electron chi connectivity index (χ3n) is 2.27. The van der Waals surface area contributed by atoms with Crippen molar-refractivity contribution in [3.05, 3.63) is 35.9 Å². The lowest BCUT2D eigenvalue weighted by atomic mass is 10.2. The first-order valence-corrected chi connectivity index (χ1v) is 6.86. The van der Waals surface area contributed by atoms with Gasteiger partial charge >= 0.3 is 7.60 Å². The highest BCUT2D eigenvalue weighted by Crippen LogP contribution is 2.57. The van der Waals surface area contributed by atoms with Crippen LogP contribution < -0.4 is 0 Å². The molecule has 0 bridgehead atoms. The number of hydrogen-bond donors (Lipinski definition) is 1. The van der Waals surface area contributed by atoms with E-state index in [4.69, 9.17) is 4.52 Å². The van der Waals surface area contributed by atoms with Crippen LogP contribution in [-0.2, 0) is 13.9 Å².